The minimum atomic E-state index is -0.470. The smallest absolute Gasteiger partial charge is 0.293 e. The van der Waals surface area contributed by atoms with Gasteiger partial charge in [-0.05, 0) is 42.3 Å². The zero-order valence-corrected chi connectivity index (χ0v) is 16.8. The Morgan fingerprint density at radius 2 is 2.07 bits per heavy atom. The van der Waals surface area contributed by atoms with Gasteiger partial charge in [0, 0.05) is 28.2 Å². The number of H-pyrrole nitrogens is 1. The number of aromatic nitrogens is 1. The van der Waals surface area contributed by atoms with Gasteiger partial charge in [-0.25, -0.2) is 0 Å². The number of fused-ring (bicyclic) bond motifs is 3. The maximum absolute atomic E-state index is 13.2. The van der Waals surface area contributed by atoms with E-state index in [4.69, 9.17) is 39.5 Å². The molecule has 1 unspecified atom stereocenters. The molecule has 0 radical (unpaired) electrons. The number of nitrogens with one attached hydrogen (secondary N) is 1. The molecule has 1 aliphatic rings. The predicted molar refractivity (Wildman–Crippen MR) is 109 cm³/mol. The first-order valence-corrected chi connectivity index (χ1v) is 9.75. The van der Waals surface area contributed by atoms with E-state index in [1.807, 2.05) is 12.1 Å². The second-order valence-electron chi connectivity index (χ2n) is 6.50. The molecule has 1 aromatic heterocycles. The third-order valence-electron chi connectivity index (χ3n) is 4.98. The maximum Gasteiger partial charge on any atom is 0.293 e. The van der Waals surface area contributed by atoms with Crippen molar-refractivity contribution in [3.05, 3.63) is 68.3 Å². The highest BCUT2D eigenvalue weighted by atomic mass is 35.5. The van der Waals surface area contributed by atoms with Gasteiger partial charge in [0.15, 0.2) is 0 Å². The molecular weight excluding hydrogens is 423 g/mol. The minimum Gasteiger partial charge on any atom is -0.465 e. The standard InChI is InChI=1S/C20H15Cl3N2O3/c21-11-4-5-16-14(8-11)12-6-7-25(17(9-28-10-26)19(12)24-16)20(27)13-2-1-3-15(22)18(13)23/h1-5,8,10,17,24H,6-7,9H2. The van der Waals surface area contributed by atoms with E-state index in [0.717, 1.165) is 22.2 Å². The molecule has 0 saturated heterocycles. The Labute approximate surface area is 176 Å². The molecule has 1 atom stereocenters. The molecular formula is C20H15Cl3N2O3. The lowest BCUT2D eigenvalue weighted by Crippen LogP contribution is -2.42. The van der Waals surface area contributed by atoms with E-state index < -0.39 is 6.04 Å². The number of carbonyl (C=O) groups excluding carboxylic acids is 2. The molecule has 8 heteroatoms. The molecule has 2 heterocycles. The summed E-state index contributed by atoms with van der Waals surface area (Å²) in [5, 5.41) is 2.16. The summed E-state index contributed by atoms with van der Waals surface area (Å²) < 4.78 is 5.04. The number of rotatable bonds is 4. The number of ether oxygens (including phenoxy) is 1. The van der Waals surface area contributed by atoms with Crippen molar-refractivity contribution >= 4 is 58.1 Å². The van der Waals surface area contributed by atoms with Crippen LogP contribution >= 0.6 is 34.8 Å². The molecule has 0 bridgehead atoms. The highest BCUT2D eigenvalue weighted by Gasteiger charge is 2.35. The van der Waals surface area contributed by atoms with Gasteiger partial charge in [0.2, 0.25) is 0 Å². The fraction of sp³-hybridized carbons (Fsp3) is 0.200. The summed E-state index contributed by atoms with van der Waals surface area (Å²) in [5.41, 5.74) is 3.13. The van der Waals surface area contributed by atoms with E-state index in [0.29, 0.717) is 35.0 Å². The molecule has 5 nitrogen and oxygen atoms in total. The second-order valence-corrected chi connectivity index (χ2v) is 7.72. The van der Waals surface area contributed by atoms with Crippen LogP contribution in [0.3, 0.4) is 0 Å². The number of halogens is 3. The molecule has 1 aliphatic heterocycles. The first-order valence-electron chi connectivity index (χ1n) is 8.61. The van der Waals surface area contributed by atoms with Crippen molar-refractivity contribution in [2.24, 2.45) is 0 Å². The fourth-order valence-corrected chi connectivity index (χ4v) is 4.26. The topological polar surface area (TPSA) is 62.4 Å². The molecule has 0 saturated carbocycles. The fourth-order valence-electron chi connectivity index (χ4n) is 3.71. The minimum absolute atomic E-state index is 0.0287. The molecule has 0 spiro atoms. The predicted octanol–water partition coefficient (Wildman–Crippen LogP) is 5.04. The van der Waals surface area contributed by atoms with Crippen molar-refractivity contribution in [2.45, 2.75) is 12.5 Å². The van der Waals surface area contributed by atoms with Gasteiger partial charge in [0.25, 0.3) is 12.4 Å². The zero-order valence-electron chi connectivity index (χ0n) is 14.5. The van der Waals surface area contributed by atoms with E-state index in [9.17, 15) is 9.59 Å². The van der Waals surface area contributed by atoms with E-state index >= 15 is 0 Å². The van der Waals surface area contributed by atoms with Gasteiger partial charge in [-0.15, -0.1) is 0 Å². The Bertz CT molecular complexity index is 1080. The molecule has 0 aliphatic carbocycles. The van der Waals surface area contributed by atoms with Crippen molar-refractivity contribution in [3.8, 4) is 0 Å². The van der Waals surface area contributed by atoms with Crippen LogP contribution in [0.1, 0.15) is 27.7 Å². The highest BCUT2D eigenvalue weighted by molar-refractivity contribution is 6.43. The Hall–Kier alpha value is -2.21. The summed E-state index contributed by atoms with van der Waals surface area (Å²) in [6, 6.07) is 10.1. The SMILES string of the molecule is O=COCC1c2[nH]c3ccc(Cl)cc3c2CCN1C(=O)c1cccc(Cl)c1Cl. The van der Waals surface area contributed by atoms with Crippen molar-refractivity contribution in [3.63, 3.8) is 0 Å². The van der Waals surface area contributed by atoms with Crippen LogP contribution in [0.5, 0.6) is 0 Å². The average Bonchev–Trinajstić information content (AvgIpc) is 3.05. The molecule has 2 aromatic carbocycles. The summed E-state index contributed by atoms with van der Waals surface area (Å²) in [6.07, 6.45) is 0.636. The highest BCUT2D eigenvalue weighted by Crippen LogP contribution is 2.37. The van der Waals surface area contributed by atoms with Gasteiger partial charge >= 0.3 is 0 Å². The normalized spacial score (nSPS) is 16.1. The van der Waals surface area contributed by atoms with E-state index in [1.165, 1.54) is 0 Å². The maximum atomic E-state index is 13.2. The Morgan fingerprint density at radius 3 is 2.86 bits per heavy atom. The van der Waals surface area contributed by atoms with Gasteiger partial charge in [0.1, 0.15) is 12.6 Å². The van der Waals surface area contributed by atoms with Crippen LogP contribution in [-0.2, 0) is 16.0 Å². The molecule has 1 N–H and O–H groups in total. The quantitative estimate of drug-likeness (QED) is 0.582. The third-order valence-corrected chi connectivity index (χ3v) is 6.03. The van der Waals surface area contributed by atoms with Crippen molar-refractivity contribution < 1.29 is 14.3 Å². The van der Waals surface area contributed by atoms with Gasteiger partial charge < -0.3 is 14.6 Å². The van der Waals surface area contributed by atoms with E-state index in [2.05, 4.69) is 4.98 Å². The van der Waals surface area contributed by atoms with Crippen molar-refractivity contribution in [2.75, 3.05) is 13.2 Å². The van der Waals surface area contributed by atoms with Crippen LogP contribution in [0.2, 0.25) is 15.1 Å². The molecule has 4 rings (SSSR count). The summed E-state index contributed by atoms with van der Waals surface area (Å²) in [4.78, 5) is 29.1. The molecule has 0 fully saturated rings. The van der Waals surface area contributed by atoms with Crippen LogP contribution in [0.15, 0.2) is 36.4 Å². The number of amides is 1. The molecule has 144 valence electrons. The van der Waals surface area contributed by atoms with Gasteiger partial charge in [0.05, 0.1) is 15.6 Å². The molecule has 1 amide bonds. The second kappa shape index (κ2) is 7.66. The Kier molecular flexibility index (Phi) is 5.23. The molecule has 28 heavy (non-hydrogen) atoms. The number of hydrogen-bond acceptors (Lipinski definition) is 3. The number of hydrogen-bond donors (Lipinski definition) is 1. The largest absolute Gasteiger partial charge is 0.465 e. The monoisotopic (exact) mass is 436 g/mol. The van der Waals surface area contributed by atoms with Crippen LogP contribution in [0.25, 0.3) is 10.9 Å². The lowest BCUT2D eigenvalue weighted by atomic mass is 9.96. The first-order chi connectivity index (χ1) is 13.5. The molecule has 3 aromatic rings. The van der Waals surface area contributed by atoms with Crippen molar-refractivity contribution in [1.82, 2.24) is 9.88 Å². The van der Waals surface area contributed by atoms with Gasteiger partial charge in [-0.3, -0.25) is 9.59 Å². The first kappa shape index (κ1) is 19.1. The van der Waals surface area contributed by atoms with Crippen LogP contribution < -0.4 is 0 Å². The van der Waals surface area contributed by atoms with Crippen LogP contribution in [0.4, 0.5) is 0 Å². The third kappa shape index (κ3) is 3.24. The number of nitrogens with zero attached hydrogens (tertiary/aromatic N) is 1. The van der Waals surface area contributed by atoms with Gasteiger partial charge in [-0.2, -0.15) is 0 Å². The Morgan fingerprint density at radius 1 is 1.25 bits per heavy atom. The lowest BCUT2D eigenvalue weighted by Gasteiger charge is -2.35. The summed E-state index contributed by atoms with van der Waals surface area (Å²) in [5.74, 6) is -0.269. The van der Waals surface area contributed by atoms with Crippen LogP contribution in [0, 0.1) is 0 Å². The summed E-state index contributed by atoms with van der Waals surface area (Å²) in [6.45, 7) is 0.852. The zero-order chi connectivity index (χ0) is 19.8. The number of carbonyl (C=O) groups is 2. The summed E-state index contributed by atoms with van der Waals surface area (Å²) in [7, 11) is 0. The average molecular weight is 438 g/mol. The number of aromatic amines is 1. The summed E-state index contributed by atoms with van der Waals surface area (Å²) >= 11 is 18.5. The van der Waals surface area contributed by atoms with Crippen LogP contribution in [-0.4, -0.2) is 35.4 Å². The number of benzene rings is 2. The van der Waals surface area contributed by atoms with E-state index in [1.54, 1.807) is 29.2 Å². The Balaban J connectivity index is 1.78. The van der Waals surface area contributed by atoms with Gasteiger partial charge in [-0.1, -0.05) is 40.9 Å². The lowest BCUT2D eigenvalue weighted by molar-refractivity contribution is -0.130. The van der Waals surface area contributed by atoms with Crippen molar-refractivity contribution in [1.29, 1.82) is 0 Å². The van der Waals surface area contributed by atoms with E-state index in [-0.39, 0.29) is 17.5 Å².